The number of hydrogen-bond donors (Lipinski definition) is 2. The summed E-state index contributed by atoms with van der Waals surface area (Å²) >= 11 is 0. The Hall–Kier alpha value is -3.00. The van der Waals surface area contributed by atoms with Crippen LogP contribution in [0.15, 0.2) is 36.9 Å². The first-order valence-electron chi connectivity index (χ1n) is 10.1. The van der Waals surface area contributed by atoms with Crippen LogP contribution in [-0.4, -0.2) is 43.1 Å². The van der Waals surface area contributed by atoms with Crippen LogP contribution in [0.4, 0.5) is 10.3 Å². The van der Waals surface area contributed by atoms with Crippen molar-refractivity contribution in [1.29, 1.82) is 0 Å². The summed E-state index contributed by atoms with van der Waals surface area (Å²) in [5, 5.41) is 4.35. The number of rotatable bonds is 5. The molecule has 7 nitrogen and oxygen atoms in total. The maximum atomic E-state index is 13.9. The van der Waals surface area contributed by atoms with Crippen LogP contribution < -0.4 is 5.32 Å². The van der Waals surface area contributed by atoms with Crippen LogP contribution in [0.1, 0.15) is 32.6 Å². The molecule has 4 aromatic heterocycles. The topological polar surface area (TPSA) is 80.1 Å². The molecule has 0 atom stereocenters. The van der Waals surface area contributed by atoms with Crippen molar-refractivity contribution in [3.8, 4) is 11.1 Å². The molecule has 1 aliphatic carbocycles. The SMILES string of the molecule is CCO[C@H]1CC[C@@H](Nc2ncc3c(-c4ccc5ncc(F)n5c4)c[nH]c3n2)CC1. The molecule has 29 heavy (non-hydrogen) atoms. The van der Waals surface area contributed by atoms with Crippen LogP contribution in [0.25, 0.3) is 27.8 Å². The van der Waals surface area contributed by atoms with Crippen molar-refractivity contribution in [2.45, 2.75) is 44.8 Å². The molecule has 4 aromatic rings. The van der Waals surface area contributed by atoms with E-state index in [1.54, 1.807) is 12.3 Å². The molecule has 0 saturated heterocycles. The van der Waals surface area contributed by atoms with Crippen LogP contribution in [0.3, 0.4) is 0 Å². The smallest absolute Gasteiger partial charge is 0.224 e. The molecule has 2 N–H and O–H groups in total. The van der Waals surface area contributed by atoms with Gasteiger partial charge in [-0.15, -0.1) is 0 Å². The van der Waals surface area contributed by atoms with E-state index in [1.807, 2.05) is 25.4 Å². The Morgan fingerprint density at radius 3 is 2.90 bits per heavy atom. The maximum absolute atomic E-state index is 13.9. The Kier molecular flexibility index (Phi) is 4.63. The fraction of sp³-hybridized carbons (Fsp3) is 0.381. The summed E-state index contributed by atoms with van der Waals surface area (Å²) in [6.07, 6.45) is 11.3. The summed E-state index contributed by atoms with van der Waals surface area (Å²) in [7, 11) is 0. The van der Waals surface area contributed by atoms with E-state index in [1.165, 1.54) is 10.6 Å². The lowest BCUT2D eigenvalue weighted by Gasteiger charge is -2.28. The van der Waals surface area contributed by atoms with Crippen molar-refractivity contribution in [3.05, 3.63) is 42.9 Å². The van der Waals surface area contributed by atoms with Crippen LogP contribution in [0.2, 0.25) is 0 Å². The third kappa shape index (κ3) is 3.44. The van der Waals surface area contributed by atoms with Crippen molar-refractivity contribution in [1.82, 2.24) is 24.3 Å². The average molecular weight is 394 g/mol. The zero-order valence-electron chi connectivity index (χ0n) is 16.2. The van der Waals surface area contributed by atoms with Gasteiger partial charge in [0.25, 0.3) is 0 Å². The number of hydrogen-bond acceptors (Lipinski definition) is 5. The maximum Gasteiger partial charge on any atom is 0.224 e. The van der Waals surface area contributed by atoms with Crippen LogP contribution in [0.5, 0.6) is 0 Å². The van der Waals surface area contributed by atoms with Gasteiger partial charge in [0, 0.05) is 47.8 Å². The van der Waals surface area contributed by atoms with Gasteiger partial charge in [-0.1, -0.05) is 0 Å². The summed E-state index contributed by atoms with van der Waals surface area (Å²) in [4.78, 5) is 16.4. The monoisotopic (exact) mass is 394 g/mol. The number of nitrogens with zero attached hydrogens (tertiary/aromatic N) is 4. The van der Waals surface area contributed by atoms with Gasteiger partial charge in [-0.25, -0.2) is 9.97 Å². The molecular formula is C21H23FN6O. The standard InChI is InChI=1S/C21H23FN6O/c1-2-29-15-6-4-14(5-7-15)26-21-25-10-17-16(9-24-20(17)27-21)13-3-8-19-23-11-18(22)28(19)12-13/h3,8-12,14-15H,2,4-7H2,1H3,(H2,24,25,26,27)/t14-,15+. The van der Waals surface area contributed by atoms with Crippen molar-refractivity contribution in [2.75, 3.05) is 11.9 Å². The predicted octanol–water partition coefficient (Wildman–Crippen LogP) is 4.17. The number of fused-ring (bicyclic) bond motifs is 2. The lowest BCUT2D eigenvalue weighted by Crippen LogP contribution is -2.30. The highest BCUT2D eigenvalue weighted by molar-refractivity contribution is 5.93. The van der Waals surface area contributed by atoms with Crippen molar-refractivity contribution in [3.63, 3.8) is 0 Å². The van der Waals surface area contributed by atoms with Crippen molar-refractivity contribution in [2.24, 2.45) is 0 Å². The van der Waals surface area contributed by atoms with E-state index in [9.17, 15) is 4.39 Å². The second-order valence-electron chi connectivity index (χ2n) is 7.46. The van der Waals surface area contributed by atoms with Crippen LogP contribution in [-0.2, 0) is 4.74 Å². The number of aromatic amines is 1. The normalized spacial score (nSPS) is 19.8. The Morgan fingerprint density at radius 1 is 1.21 bits per heavy atom. The second-order valence-corrected chi connectivity index (χ2v) is 7.46. The van der Waals surface area contributed by atoms with Crippen LogP contribution >= 0.6 is 0 Å². The Morgan fingerprint density at radius 2 is 2.07 bits per heavy atom. The average Bonchev–Trinajstić information content (AvgIpc) is 3.33. The van der Waals surface area contributed by atoms with Gasteiger partial charge in [0.2, 0.25) is 11.9 Å². The molecular weight excluding hydrogens is 371 g/mol. The number of anilines is 1. The van der Waals surface area contributed by atoms with E-state index in [4.69, 9.17) is 4.74 Å². The first-order valence-corrected chi connectivity index (χ1v) is 10.1. The zero-order chi connectivity index (χ0) is 19.8. The van der Waals surface area contributed by atoms with Gasteiger partial charge in [0.1, 0.15) is 11.3 Å². The third-order valence-electron chi connectivity index (χ3n) is 5.61. The summed E-state index contributed by atoms with van der Waals surface area (Å²) in [6.45, 7) is 2.82. The molecule has 8 heteroatoms. The molecule has 1 fully saturated rings. The molecule has 150 valence electrons. The fourth-order valence-corrected chi connectivity index (χ4v) is 4.12. The second kappa shape index (κ2) is 7.44. The molecule has 1 saturated carbocycles. The highest BCUT2D eigenvalue weighted by atomic mass is 19.1. The minimum Gasteiger partial charge on any atom is -0.379 e. The molecule has 1 aliphatic rings. The minimum absolute atomic E-state index is 0.366. The highest BCUT2D eigenvalue weighted by Crippen LogP contribution is 2.29. The van der Waals surface area contributed by atoms with Gasteiger partial charge in [-0.3, -0.25) is 4.40 Å². The largest absolute Gasteiger partial charge is 0.379 e. The zero-order valence-corrected chi connectivity index (χ0v) is 16.2. The highest BCUT2D eigenvalue weighted by Gasteiger charge is 2.22. The predicted molar refractivity (Wildman–Crippen MR) is 109 cm³/mol. The first-order chi connectivity index (χ1) is 14.2. The van der Waals surface area contributed by atoms with Gasteiger partial charge < -0.3 is 15.0 Å². The van der Waals surface area contributed by atoms with Gasteiger partial charge in [0.05, 0.1) is 12.3 Å². The third-order valence-corrected chi connectivity index (χ3v) is 5.61. The number of aromatic nitrogens is 5. The fourth-order valence-electron chi connectivity index (χ4n) is 4.12. The summed E-state index contributed by atoms with van der Waals surface area (Å²) in [5.41, 5.74) is 3.14. The lowest BCUT2D eigenvalue weighted by molar-refractivity contribution is 0.0346. The minimum atomic E-state index is -0.386. The quantitative estimate of drug-likeness (QED) is 0.531. The van der Waals surface area contributed by atoms with Crippen molar-refractivity contribution < 1.29 is 9.13 Å². The molecule has 0 spiro atoms. The number of pyridine rings is 1. The van der Waals surface area contributed by atoms with E-state index in [0.717, 1.165) is 54.5 Å². The number of imidazole rings is 1. The van der Waals surface area contributed by atoms with Gasteiger partial charge in [0.15, 0.2) is 0 Å². The van der Waals surface area contributed by atoms with Crippen molar-refractivity contribution >= 4 is 22.6 Å². The van der Waals surface area contributed by atoms with E-state index in [2.05, 4.69) is 25.3 Å². The molecule has 5 rings (SSSR count). The number of H-pyrrole nitrogens is 1. The molecule has 0 radical (unpaired) electrons. The van der Waals surface area contributed by atoms with E-state index < -0.39 is 0 Å². The van der Waals surface area contributed by atoms with E-state index in [-0.39, 0.29) is 5.95 Å². The molecule has 0 aliphatic heterocycles. The molecule has 0 aromatic carbocycles. The van der Waals surface area contributed by atoms with E-state index >= 15 is 0 Å². The molecule has 0 amide bonds. The van der Waals surface area contributed by atoms with Gasteiger partial charge in [-0.2, -0.15) is 9.37 Å². The first kappa shape index (κ1) is 18.1. The molecule has 0 unspecified atom stereocenters. The Balaban J connectivity index is 1.36. The van der Waals surface area contributed by atoms with Gasteiger partial charge in [-0.05, 0) is 44.7 Å². The molecule has 0 bridgehead atoms. The van der Waals surface area contributed by atoms with Crippen LogP contribution in [0, 0.1) is 5.95 Å². The number of halogens is 1. The summed E-state index contributed by atoms with van der Waals surface area (Å²) in [5.74, 6) is 0.241. The summed E-state index contributed by atoms with van der Waals surface area (Å²) in [6, 6.07) is 4.09. The number of ether oxygens (including phenoxy) is 1. The van der Waals surface area contributed by atoms with E-state index in [0.29, 0.717) is 23.7 Å². The van der Waals surface area contributed by atoms with Gasteiger partial charge >= 0.3 is 0 Å². The summed E-state index contributed by atoms with van der Waals surface area (Å²) < 4.78 is 21.0. The Bertz CT molecular complexity index is 1140. The molecule has 4 heterocycles. The lowest BCUT2D eigenvalue weighted by atomic mass is 9.93. The Labute approximate surface area is 167 Å². The number of nitrogens with one attached hydrogen (secondary N) is 2.